The minimum absolute atomic E-state index is 0.0621. The zero-order valence-electron chi connectivity index (χ0n) is 16.8. The molecule has 0 bridgehead atoms. The molecule has 0 aliphatic carbocycles. The Morgan fingerprint density at radius 3 is 2.41 bits per heavy atom. The highest BCUT2D eigenvalue weighted by atomic mass is 31.1. The van der Waals surface area contributed by atoms with Crippen LogP contribution in [0.25, 0.3) is 0 Å². The third-order valence-corrected chi connectivity index (χ3v) is 7.04. The van der Waals surface area contributed by atoms with E-state index in [2.05, 4.69) is 13.8 Å². The van der Waals surface area contributed by atoms with Crippen molar-refractivity contribution in [1.29, 1.82) is 0 Å². The normalized spacial score (nSPS) is 13.5. The van der Waals surface area contributed by atoms with Gasteiger partial charge in [0.15, 0.2) is 17.3 Å². The number of hydrogen-bond donors (Lipinski definition) is 1. The van der Waals surface area contributed by atoms with Crippen LogP contribution in [0.1, 0.15) is 56.0 Å². The lowest BCUT2D eigenvalue weighted by Crippen LogP contribution is -2.25. The predicted octanol–water partition coefficient (Wildman–Crippen LogP) is 5.02. The molecule has 0 aliphatic rings. The third kappa shape index (κ3) is 4.44. The monoisotopic (exact) mass is 388 g/mol. The maximum absolute atomic E-state index is 12.1. The highest BCUT2D eigenvalue weighted by molar-refractivity contribution is 7.48. The van der Waals surface area contributed by atoms with Crippen molar-refractivity contribution in [2.24, 2.45) is 0 Å². The Balaban J connectivity index is 2.67. The van der Waals surface area contributed by atoms with Gasteiger partial charge in [-0.25, -0.2) is 0 Å². The fraction of sp³-hybridized carbons (Fsp3) is 0.409. The molecule has 2 unspecified atom stereocenters. The summed E-state index contributed by atoms with van der Waals surface area (Å²) in [6.07, 6.45) is 2.68. The molecule has 0 fully saturated rings. The quantitative estimate of drug-likeness (QED) is 0.484. The van der Waals surface area contributed by atoms with Crippen molar-refractivity contribution >= 4 is 19.7 Å². The highest BCUT2D eigenvalue weighted by Gasteiger charge is 2.35. The van der Waals surface area contributed by atoms with Crippen LogP contribution in [0.15, 0.2) is 36.4 Å². The maximum atomic E-state index is 12.1. The molecule has 0 radical (unpaired) electrons. The predicted molar refractivity (Wildman–Crippen MR) is 112 cm³/mol. The molecular formula is C22H29O4P. The maximum Gasteiger partial charge on any atom is 0.164 e. The van der Waals surface area contributed by atoms with Crippen LogP contribution in [-0.4, -0.2) is 25.1 Å². The van der Waals surface area contributed by atoms with Crippen LogP contribution in [0.4, 0.5) is 0 Å². The first-order valence-corrected chi connectivity index (χ1v) is 10.3. The minimum Gasteiger partial charge on any atom is -0.504 e. The summed E-state index contributed by atoms with van der Waals surface area (Å²) in [6, 6.07) is 11.3. The number of rotatable bonds is 9. The number of hydrogen-bond acceptors (Lipinski definition) is 4. The van der Waals surface area contributed by atoms with Gasteiger partial charge in [0.2, 0.25) is 0 Å². The summed E-state index contributed by atoms with van der Waals surface area (Å²) < 4.78 is 10.8. The van der Waals surface area contributed by atoms with Gasteiger partial charge in [0, 0.05) is 22.3 Å². The number of aromatic hydroxyl groups is 1. The Morgan fingerprint density at radius 2 is 1.85 bits per heavy atom. The largest absolute Gasteiger partial charge is 0.504 e. The first kappa shape index (κ1) is 21.2. The number of phenols is 1. The van der Waals surface area contributed by atoms with Gasteiger partial charge in [-0.1, -0.05) is 53.1 Å². The lowest BCUT2D eigenvalue weighted by Gasteiger charge is -2.35. The van der Waals surface area contributed by atoms with E-state index in [1.165, 1.54) is 0 Å². The van der Waals surface area contributed by atoms with E-state index in [9.17, 15) is 9.90 Å². The topological polar surface area (TPSA) is 55.8 Å². The molecule has 5 heteroatoms. The number of ether oxygens (including phenoxy) is 2. The van der Waals surface area contributed by atoms with Crippen LogP contribution in [0, 0.1) is 0 Å². The number of carbonyl (C=O) groups is 1. The lowest BCUT2D eigenvalue weighted by molar-refractivity contribution is 0.101. The Morgan fingerprint density at radius 1 is 1.15 bits per heavy atom. The van der Waals surface area contributed by atoms with Gasteiger partial charge in [-0.2, -0.15) is 0 Å². The number of Topliss-reactive ketones (excluding diaryl/α,β-unsaturated/α-hetero) is 1. The van der Waals surface area contributed by atoms with E-state index in [1.807, 2.05) is 30.3 Å². The standard InChI is InChI=1S/C22H29O4P/c1-6-12-22(7-2,27-20-11-9-8-10-17(20)15(3)23)18-13-16(25-4)14-19(26-5)21(18)24/h8-11,13-14,24,27H,6-7,12H2,1-5H3. The zero-order chi connectivity index (χ0) is 20.0. The van der Waals surface area contributed by atoms with E-state index >= 15 is 0 Å². The van der Waals surface area contributed by atoms with Crippen LogP contribution in [-0.2, 0) is 5.16 Å². The molecule has 2 aromatic carbocycles. The van der Waals surface area contributed by atoms with E-state index in [0.717, 1.165) is 35.7 Å². The van der Waals surface area contributed by atoms with E-state index in [1.54, 1.807) is 27.2 Å². The first-order valence-electron chi connectivity index (χ1n) is 9.26. The molecule has 2 rings (SSSR count). The Labute approximate surface area is 163 Å². The molecule has 0 heterocycles. The van der Waals surface area contributed by atoms with Crippen molar-refractivity contribution in [2.45, 2.75) is 45.2 Å². The molecule has 0 amide bonds. The molecule has 0 aliphatic heterocycles. The summed E-state index contributed by atoms with van der Waals surface area (Å²) in [5.41, 5.74) is 1.57. The van der Waals surface area contributed by atoms with Gasteiger partial charge < -0.3 is 14.6 Å². The van der Waals surface area contributed by atoms with Gasteiger partial charge in [-0.15, -0.1) is 0 Å². The summed E-state index contributed by atoms with van der Waals surface area (Å²) >= 11 is 0. The van der Waals surface area contributed by atoms with Crippen molar-refractivity contribution in [3.8, 4) is 17.2 Å². The molecular weight excluding hydrogens is 359 g/mol. The Kier molecular flexibility index (Phi) is 7.26. The van der Waals surface area contributed by atoms with E-state index in [4.69, 9.17) is 9.47 Å². The fourth-order valence-corrected chi connectivity index (χ4v) is 5.49. The van der Waals surface area contributed by atoms with Crippen LogP contribution in [0.5, 0.6) is 17.2 Å². The zero-order valence-corrected chi connectivity index (χ0v) is 17.8. The van der Waals surface area contributed by atoms with Gasteiger partial charge in [-0.05, 0) is 31.1 Å². The molecule has 0 saturated carbocycles. The molecule has 2 atom stereocenters. The number of methoxy groups -OCH3 is 2. The van der Waals surface area contributed by atoms with Gasteiger partial charge in [0.1, 0.15) is 5.75 Å². The first-order chi connectivity index (χ1) is 12.9. The lowest BCUT2D eigenvalue weighted by atomic mass is 9.89. The summed E-state index contributed by atoms with van der Waals surface area (Å²) in [4.78, 5) is 12.1. The molecule has 0 aromatic heterocycles. The summed E-state index contributed by atoms with van der Waals surface area (Å²) in [6.45, 7) is 5.87. The molecule has 4 nitrogen and oxygen atoms in total. The van der Waals surface area contributed by atoms with Crippen molar-refractivity contribution in [3.63, 3.8) is 0 Å². The Hall–Kier alpha value is -2.06. The number of benzene rings is 2. The van der Waals surface area contributed by atoms with E-state index in [0.29, 0.717) is 20.1 Å². The van der Waals surface area contributed by atoms with Crippen LogP contribution >= 0.6 is 8.58 Å². The average Bonchev–Trinajstić information content (AvgIpc) is 2.68. The number of phenolic OH excluding ortho intramolecular Hbond substituents is 1. The van der Waals surface area contributed by atoms with Gasteiger partial charge >= 0.3 is 0 Å². The van der Waals surface area contributed by atoms with Crippen molar-refractivity contribution in [3.05, 3.63) is 47.5 Å². The molecule has 0 saturated heterocycles. The van der Waals surface area contributed by atoms with E-state index < -0.39 is 0 Å². The second-order valence-corrected chi connectivity index (χ2v) is 8.38. The van der Waals surface area contributed by atoms with Crippen LogP contribution in [0.3, 0.4) is 0 Å². The third-order valence-electron chi connectivity index (χ3n) is 4.98. The summed E-state index contributed by atoms with van der Waals surface area (Å²) in [5.74, 6) is 1.27. The second kappa shape index (κ2) is 9.23. The average molecular weight is 388 g/mol. The molecule has 0 spiro atoms. The number of carbonyl (C=O) groups excluding carboxylic acids is 1. The molecule has 1 N–H and O–H groups in total. The second-order valence-electron chi connectivity index (χ2n) is 6.64. The molecule has 2 aromatic rings. The van der Waals surface area contributed by atoms with Crippen molar-refractivity contribution in [2.75, 3.05) is 14.2 Å². The Bertz CT molecular complexity index is 803. The fourth-order valence-electron chi connectivity index (χ4n) is 3.52. The number of ketones is 1. The van der Waals surface area contributed by atoms with Crippen LogP contribution in [0.2, 0.25) is 0 Å². The minimum atomic E-state index is -0.299. The summed E-state index contributed by atoms with van der Waals surface area (Å²) in [7, 11) is 3.49. The molecule has 146 valence electrons. The smallest absolute Gasteiger partial charge is 0.164 e. The summed E-state index contributed by atoms with van der Waals surface area (Å²) in [5, 5.41) is 11.6. The molecule has 27 heavy (non-hydrogen) atoms. The van der Waals surface area contributed by atoms with E-state index in [-0.39, 0.29) is 16.7 Å². The van der Waals surface area contributed by atoms with Crippen LogP contribution < -0.4 is 14.8 Å². The van der Waals surface area contributed by atoms with Crippen molar-refractivity contribution in [1.82, 2.24) is 0 Å². The van der Waals surface area contributed by atoms with Gasteiger partial charge in [0.25, 0.3) is 0 Å². The van der Waals surface area contributed by atoms with Gasteiger partial charge in [-0.3, -0.25) is 4.79 Å². The van der Waals surface area contributed by atoms with Gasteiger partial charge in [0.05, 0.1) is 14.2 Å². The van der Waals surface area contributed by atoms with Crippen molar-refractivity contribution < 1.29 is 19.4 Å². The SMILES string of the molecule is CCCC(CC)(Pc1ccccc1C(C)=O)c1cc(OC)cc(OC)c1O. The highest BCUT2D eigenvalue weighted by Crippen LogP contribution is 2.53.